The van der Waals surface area contributed by atoms with Gasteiger partial charge < -0.3 is 10.2 Å². The van der Waals surface area contributed by atoms with Gasteiger partial charge in [-0.3, -0.25) is 19.8 Å². The second kappa shape index (κ2) is 13.4. The van der Waals surface area contributed by atoms with E-state index in [1.165, 1.54) is 4.90 Å². The molecule has 0 heterocycles. The fourth-order valence-corrected chi connectivity index (χ4v) is 0.744. The van der Waals surface area contributed by atoms with E-state index in [9.17, 15) is 9.59 Å². The van der Waals surface area contributed by atoms with Gasteiger partial charge in [0.25, 0.3) is 0 Å². The van der Waals surface area contributed by atoms with E-state index in [0.717, 1.165) is 0 Å². The summed E-state index contributed by atoms with van der Waals surface area (Å²) in [6.45, 7) is -0.206. The molecule has 0 atom stereocenters. The number of hydrogen-bond donors (Lipinski definition) is 3. The molecular formula is C10H13N5O4. The van der Waals surface area contributed by atoms with Gasteiger partial charge in [0.1, 0.15) is 0 Å². The molecule has 0 unspecified atom stereocenters. The Bertz CT molecular complexity index is 352. The Labute approximate surface area is 109 Å². The van der Waals surface area contributed by atoms with Crippen molar-refractivity contribution in [3.05, 3.63) is 0 Å². The Kier molecular flexibility index (Phi) is 13.2. The summed E-state index contributed by atoms with van der Waals surface area (Å²) in [6, 6.07) is 5.58. The average Bonchev–Trinajstić information content (AvgIpc) is 2.30. The molecule has 19 heavy (non-hydrogen) atoms. The summed E-state index contributed by atoms with van der Waals surface area (Å²) in [4.78, 5) is 20.9. The minimum absolute atomic E-state index is 0.140. The van der Waals surface area contributed by atoms with Crippen molar-refractivity contribution in [1.29, 1.82) is 15.8 Å². The maximum Gasteiger partial charge on any atom is 0.317 e. The Morgan fingerprint density at radius 3 is 1.42 bits per heavy atom. The zero-order chi connectivity index (χ0) is 15.1. The second-order valence-electron chi connectivity index (χ2n) is 3.01. The van der Waals surface area contributed by atoms with Gasteiger partial charge in [-0.25, -0.2) is 0 Å². The molecule has 9 nitrogen and oxygen atoms in total. The third kappa shape index (κ3) is 17.9. The highest BCUT2D eigenvalue weighted by atomic mass is 16.4. The summed E-state index contributed by atoms with van der Waals surface area (Å²) < 4.78 is 0. The third-order valence-corrected chi connectivity index (χ3v) is 1.44. The molecule has 102 valence electrons. The van der Waals surface area contributed by atoms with Crippen LogP contribution in [0.3, 0.4) is 0 Å². The maximum atomic E-state index is 9.73. The van der Waals surface area contributed by atoms with Crippen LogP contribution >= 0.6 is 0 Å². The molecule has 0 aromatic rings. The predicted octanol–water partition coefficient (Wildman–Crippen LogP) is -1.40. The van der Waals surface area contributed by atoms with Crippen LogP contribution in [-0.4, -0.2) is 59.8 Å². The molecule has 0 aliphatic carbocycles. The van der Waals surface area contributed by atoms with E-state index in [-0.39, 0.29) is 32.7 Å². The summed E-state index contributed by atoms with van der Waals surface area (Å²) in [6.07, 6.45) is 0. The van der Waals surface area contributed by atoms with Crippen LogP contribution in [0.2, 0.25) is 0 Å². The topological polar surface area (TPSA) is 161 Å². The standard InChI is InChI=1S/C6H6N4.C4H7NO4/c7-1-4-10(5-2-8)6-3-9;6-3(7)1-5-2-4(8)9/h4-6H2;5H,1-2H2,(H,6,7)(H,8,9). The molecule has 0 radical (unpaired) electrons. The first-order valence-electron chi connectivity index (χ1n) is 4.95. The Balaban J connectivity index is 0. The number of nitrogens with zero attached hydrogens (tertiary/aromatic N) is 4. The summed E-state index contributed by atoms with van der Waals surface area (Å²) in [5.41, 5.74) is 0. The summed E-state index contributed by atoms with van der Waals surface area (Å²) in [5.74, 6) is -2.12. The van der Waals surface area contributed by atoms with Crippen LogP contribution in [0.5, 0.6) is 0 Å². The molecule has 0 aromatic heterocycles. The Hall–Kier alpha value is -2.67. The van der Waals surface area contributed by atoms with E-state index < -0.39 is 11.9 Å². The normalized spacial score (nSPS) is 8.32. The quantitative estimate of drug-likeness (QED) is 0.471. The van der Waals surface area contributed by atoms with E-state index in [4.69, 9.17) is 26.0 Å². The van der Waals surface area contributed by atoms with Crippen LogP contribution in [-0.2, 0) is 9.59 Å². The van der Waals surface area contributed by atoms with Gasteiger partial charge in [-0.2, -0.15) is 15.8 Å². The SMILES string of the molecule is N#CCN(CC#N)CC#N.O=C(O)CNCC(=O)O. The van der Waals surface area contributed by atoms with Crippen molar-refractivity contribution in [3.8, 4) is 18.2 Å². The van der Waals surface area contributed by atoms with Crippen LogP contribution < -0.4 is 5.32 Å². The predicted molar refractivity (Wildman–Crippen MR) is 61.4 cm³/mol. The van der Waals surface area contributed by atoms with Gasteiger partial charge in [0.05, 0.1) is 50.9 Å². The van der Waals surface area contributed by atoms with Crippen molar-refractivity contribution in [3.63, 3.8) is 0 Å². The number of carboxylic acids is 2. The first-order chi connectivity index (χ1) is 8.97. The summed E-state index contributed by atoms with van der Waals surface area (Å²) >= 11 is 0. The van der Waals surface area contributed by atoms with Gasteiger partial charge in [-0.15, -0.1) is 0 Å². The van der Waals surface area contributed by atoms with E-state index >= 15 is 0 Å². The highest BCUT2D eigenvalue weighted by Crippen LogP contribution is 1.82. The second-order valence-corrected chi connectivity index (χ2v) is 3.01. The van der Waals surface area contributed by atoms with Crippen LogP contribution in [0.15, 0.2) is 0 Å². The first-order valence-corrected chi connectivity index (χ1v) is 4.95. The number of aliphatic carboxylic acids is 2. The number of nitrogens with one attached hydrogen (secondary N) is 1. The lowest BCUT2D eigenvalue weighted by atomic mass is 10.5. The molecule has 0 bridgehead atoms. The van der Waals surface area contributed by atoms with Gasteiger partial charge in [0.15, 0.2) is 0 Å². The monoisotopic (exact) mass is 267 g/mol. The Morgan fingerprint density at radius 1 is 0.895 bits per heavy atom. The van der Waals surface area contributed by atoms with E-state index in [0.29, 0.717) is 0 Å². The van der Waals surface area contributed by atoms with Gasteiger partial charge in [-0.05, 0) is 0 Å². The van der Waals surface area contributed by atoms with Crippen LogP contribution in [0.4, 0.5) is 0 Å². The molecule has 0 fully saturated rings. The van der Waals surface area contributed by atoms with Crippen molar-refractivity contribution in [2.75, 3.05) is 32.7 Å². The summed E-state index contributed by atoms with van der Waals surface area (Å²) in [7, 11) is 0. The molecule has 0 aliphatic heterocycles. The third-order valence-electron chi connectivity index (χ3n) is 1.44. The number of carbonyl (C=O) groups is 2. The number of nitriles is 3. The highest BCUT2D eigenvalue weighted by Gasteiger charge is 2.00. The minimum Gasteiger partial charge on any atom is -0.480 e. The molecule has 0 saturated carbocycles. The number of hydrogen-bond acceptors (Lipinski definition) is 7. The average molecular weight is 267 g/mol. The molecular weight excluding hydrogens is 254 g/mol. The van der Waals surface area contributed by atoms with E-state index in [2.05, 4.69) is 5.32 Å². The molecule has 3 N–H and O–H groups in total. The smallest absolute Gasteiger partial charge is 0.317 e. The lowest BCUT2D eigenvalue weighted by molar-refractivity contribution is -0.137. The van der Waals surface area contributed by atoms with Crippen molar-refractivity contribution in [1.82, 2.24) is 10.2 Å². The van der Waals surface area contributed by atoms with Gasteiger partial charge in [0, 0.05) is 0 Å². The molecule has 9 heteroatoms. The summed E-state index contributed by atoms with van der Waals surface area (Å²) in [5, 5.41) is 42.7. The van der Waals surface area contributed by atoms with Crippen molar-refractivity contribution in [2.45, 2.75) is 0 Å². The fraction of sp³-hybridized carbons (Fsp3) is 0.500. The van der Waals surface area contributed by atoms with Crippen molar-refractivity contribution in [2.24, 2.45) is 0 Å². The lowest BCUT2D eigenvalue weighted by Gasteiger charge is -2.07. The number of rotatable bonds is 7. The van der Waals surface area contributed by atoms with E-state index in [1.54, 1.807) is 0 Å². The first kappa shape index (κ1) is 18.7. The molecule has 0 saturated heterocycles. The van der Waals surface area contributed by atoms with Gasteiger partial charge in [0.2, 0.25) is 0 Å². The molecule has 0 aromatic carbocycles. The fourth-order valence-electron chi connectivity index (χ4n) is 0.744. The van der Waals surface area contributed by atoms with Crippen LogP contribution in [0.1, 0.15) is 0 Å². The van der Waals surface area contributed by atoms with Crippen LogP contribution in [0, 0.1) is 34.0 Å². The molecule has 0 aliphatic rings. The highest BCUT2D eigenvalue weighted by molar-refractivity contribution is 5.72. The maximum absolute atomic E-state index is 9.73. The molecule has 0 amide bonds. The number of carboxylic acid groups (broad SMARTS) is 2. The van der Waals surface area contributed by atoms with Crippen molar-refractivity contribution >= 4 is 11.9 Å². The lowest BCUT2D eigenvalue weighted by Crippen LogP contribution is -2.27. The molecule has 0 rings (SSSR count). The van der Waals surface area contributed by atoms with E-state index in [1.807, 2.05) is 18.2 Å². The Morgan fingerprint density at radius 2 is 1.21 bits per heavy atom. The van der Waals surface area contributed by atoms with Crippen LogP contribution in [0.25, 0.3) is 0 Å². The van der Waals surface area contributed by atoms with Gasteiger partial charge in [-0.1, -0.05) is 0 Å². The molecule has 0 spiro atoms. The zero-order valence-electron chi connectivity index (χ0n) is 10.0. The van der Waals surface area contributed by atoms with Crippen molar-refractivity contribution < 1.29 is 19.8 Å². The minimum atomic E-state index is -1.06. The largest absolute Gasteiger partial charge is 0.480 e. The zero-order valence-corrected chi connectivity index (χ0v) is 10.0. The van der Waals surface area contributed by atoms with Gasteiger partial charge >= 0.3 is 11.9 Å².